The molecule has 0 unspecified atom stereocenters. The fourth-order valence-corrected chi connectivity index (χ4v) is 2.54. The van der Waals surface area contributed by atoms with E-state index >= 15 is 0 Å². The van der Waals surface area contributed by atoms with E-state index in [1.54, 1.807) is 7.11 Å². The van der Waals surface area contributed by atoms with Crippen LogP contribution >= 0.6 is 0 Å². The number of hydrogen-bond acceptors (Lipinski definition) is 2. The number of nitrogens with one attached hydrogen (secondary N) is 1. The Bertz CT molecular complexity index is 820. The van der Waals surface area contributed by atoms with Gasteiger partial charge in [0.15, 0.2) is 0 Å². The van der Waals surface area contributed by atoms with Crippen molar-refractivity contribution >= 4 is 16.9 Å². The van der Waals surface area contributed by atoms with Crippen LogP contribution in [0.3, 0.4) is 0 Å². The summed E-state index contributed by atoms with van der Waals surface area (Å²) in [6.45, 7) is 0. The second-order valence-corrected chi connectivity index (χ2v) is 5.23. The zero-order valence-corrected chi connectivity index (χ0v) is 12.3. The molecule has 4 heteroatoms. The minimum Gasteiger partial charge on any atom is -0.497 e. The maximum absolute atomic E-state index is 10.7. The van der Waals surface area contributed by atoms with Crippen LogP contribution in [0.15, 0.2) is 48.5 Å². The molecule has 0 atom stereocenters. The average Bonchev–Trinajstić information content (AvgIpc) is 2.96. The molecule has 0 aliphatic rings. The van der Waals surface area contributed by atoms with E-state index in [0.717, 1.165) is 33.5 Å². The molecule has 1 heterocycles. The number of hydrogen-bond donors (Lipinski definition) is 2. The first-order valence-corrected chi connectivity index (χ1v) is 7.13. The van der Waals surface area contributed by atoms with Gasteiger partial charge in [-0.2, -0.15) is 0 Å². The van der Waals surface area contributed by atoms with Gasteiger partial charge in [0.25, 0.3) is 0 Å². The van der Waals surface area contributed by atoms with Gasteiger partial charge in [-0.15, -0.1) is 0 Å². The summed E-state index contributed by atoms with van der Waals surface area (Å²) in [6, 6.07) is 16.0. The van der Waals surface area contributed by atoms with Crippen molar-refractivity contribution in [3.05, 3.63) is 54.1 Å². The summed E-state index contributed by atoms with van der Waals surface area (Å²) in [5, 5.41) is 9.86. The first-order chi connectivity index (χ1) is 10.7. The summed E-state index contributed by atoms with van der Waals surface area (Å²) in [5.74, 6) is 0.0459. The molecule has 3 rings (SSSR count). The van der Waals surface area contributed by atoms with Crippen LogP contribution in [0.2, 0.25) is 0 Å². The van der Waals surface area contributed by atoms with Gasteiger partial charge in [-0.1, -0.05) is 18.2 Å². The summed E-state index contributed by atoms with van der Waals surface area (Å²) in [7, 11) is 1.65. The van der Waals surface area contributed by atoms with Gasteiger partial charge in [-0.05, 0) is 42.3 Å². The zero-order valence-electron chi connectivity index (χ0n) is 12.3. The monoisotopic (exact) mass is 295 g/mol. The summed E-state index contributed by atoms with van der Waals surface area (Å²) in [4.78, 5) is 14.1. The third-order valence-electron chi connectivity index (χ3n) is 3.69. The van der Waals surface area contributed by atoms with E-state index in [1.165, 1.54) is 0 Å². The minimum absolute atomic E-state index is 0.151. The first kappa shape index (κ1) is 14.2. The van der Waals surface area contributed by atoms with E-state index in [9.17, 15) is 4.79 Å². The predicted octanol–water partition coefficient (Wildman–Crippen LogP) is 3.86. The molecule has 0 aliphatic carbocycles. The summed E-state index contributed by atoms with van der Waals surface area (Å²) >= 11 is 0. The number of aryl methyl sites for hydroxylation is 1. The molecule has 22 heavy (non-hydrogen) atoms. The molecule has 1 aromatic heterocycles. The normalized spacial score (nSPS) is 10.8. The summed E-state index contributed by atoms with van der Waals surface area (Å²) in [6.07, 6.45) is 0.698. The fraction of sp³-hybridized carbons (Fsp3) is 0.167. The van der Waals surface area contributed by atoms with E-state index in [4.69, 9.17) is 9.84 Å². The molecule has 4 nitrogen and oxygen atoms in total. The molecule has 3 aromatic rings. The van der Waals surface area contributed by atoms with E-state index < -0.39 is 5.97 Å². The van der Waals surface area contributed by atoms with Crippen molar-refractivity contribution in [1.82, 2.24) is 4.98 Å². The van der Waals surface area contributed by atoms with Crippen molar-refractivity contribution in [3.63, 3.8) is 0 Å². The number of benzene rings is 2. The Morgan fingerprint density at radius 1 is 1.18 bits per heavy atom. The Balaban J connectivity index is 1.93. The number of aliphatic carboxylic acids is 1. The van der Waals surface area contributed by atoms with Crippen molar-refractivity contribution in [2.75, 3.05) is 7.11 Å². The quantitative estimate of drug-likeness (QED) is 0.751. The van der Waals surface area contributed by atoms with Crippen molar-refractivity contribution in [3.8, 4) is 17.0 Å². The van der Waals surface area contributed by atoms with Crippen LogP contribution in [0.25, 0.3) is 22.2 Å². The number of aromatic nitrogens is 1. The highest BCUT2D eigenvalue weighted by Crippen LogP contribution is 2.27. The Labute approximate surface area is 128 Å². The van der Waals surface area contributed by atoms with Gasteiger partial charge >= 0.3 is 5.97 Å². The summed E-state index contributed by atoms with van der Waals surface area (Å²) in [5.41, 5.74) is 4.15. The zero-order chi connectivity index (χ0) is 15.5. The Morgan fingerprint density at radius 2 is 2.05 bits per heavy atom. The number of carboxylic acid groups (broad SMARTS) is 1. The van der Waals surface area contributed by atoms with Gasteiger partial charge < -0.3 is 14.8 Å². The fourth-order valence-electron chi connectivity index (χ4n) is 2.54. The van der Waals surface area contributed by atoms with E-state index in [-0.39, 0.29) is 6.42 Å². The number of methoxy groups -OCH3 is 1. The molecule has 0 radical (unpaired) electrons. The molecule has 112 valence electrons. The lowest BCUT2D eigenvalue weighted by Gasteiger charge is -2.02. The van der Waals surface area contributed by atoms with Gasteiger partial charge in [0.1, 0.15) is 5.75 Å². The SMILES string of the molecule is COc1cccc(-c2cc3cc(CCC(=O)O)ccc3[nH]2)c1. The maximum Gasteiger partial charge on any atom is 0.303 e. The third-order valence-corrected chi connectivity index (χ3v) is 3.69. The number of carboxylic acids is 1. The number of fused-ring (bicyclic) bond motifs is 1. The maximum atomic E-state index is 10.7. The van der Waals surface area contributed by atoms with Crippen LogP contribution in [-0.2, 0) is 11.2 Å². The molecular weight excluding hydrogens is 278 g/mol. The molecule has 0 aliphatic heterocycles. The predicted molar refractivity (Wildman–Crippen MR) is 86.2 cm³/mol. The van der Waals surface area contributed by atoms with Crippen molar-refractivity contribution < 1.29 is 14.6 Å². The Morgan fingerprint density at radius 3 is 2.82 bits per heavy atom. The lowest BCUT2D eigenvalue weighted by molar-refractivity contribution is -0.136. The smallest absolute Gasteiger partial charge is 0.303 e. The van der Waals surface area contributed by atoms with Crippen LogP contribution < -0.4 is 4.74 Å². The minimum atomic E-state index is -0.772. The highest BCUT2D eigenvalue weighted by atomic mass is 16.5. The first-order valence-electron chi connectivity index (χ1n) is 7.13. The molecule has 0 fully saturated rings. The average molecular weight is 295 g/mol. The topological polar surface area (TPSA) is 62.3 Å². The van der Waals surface area contributed by atoms with Crippen molar-refractivity contribution in [1.29, 1.82) is 0 Å². The molecule has 0 amide bonds. The number of ether oxygens (including phenoxy) is 1. The molecule has 0 bridgehead atoms. The van der Waals surface area contributed by atoms with E-state index in [0.29, 0.717) is 6.42 Å². The molecule has 0 saturated carbocycles. The second kappa shape index (κ2) is 5.93. The van der Waals surface area contributed by atoms with Gasteiger partial charge in [0.2, 0.25) is 0 Å². The standard InChI is InChI=1S/C18H17NO3/c1-22-15-4-2-3-13(10-15)17-11-14-9-12(6-8-18(20)21)5-7-16(14)19-17/h2-5,7,9-11,19H,6,8H2,1H3,(H,20,21). The van der Waals surface area contributed by atoms with Crippen LogP contribution in [0.1, 0.15) is 12.0 Å². The Kier molecular flexibility index (Phi) is 3.83. The molecule has 0 saturated heterocycles. The Hall–Kier alpha value is -2.75. The molecule has 2 aromatic carbocycles. The lowest BCUT2D eigenvalue weighted by Crippen LogP contribution is -1.96. The van der Waals surface area contributed by atoms with Gasteiger partial charge in [0.05, 0.1) is 7.11 Å². The largest absolute Gasteiger partial charge is 0.497 e. The number of rotatable bonds is 5. The van der Waals surface area contributed by atoms with Crippen LogP contribution in [0.5, 0.6) is 5.75 Å². The van der Waals surface area contributed by atoms with Crippen molar-refractivity contribution in [2.45, 2.75) is 12.8 Å². The number of H-pyrrole nitrogens is 1. The summed E-state index contributed by atoms with van der Waals surface area (Å²) < 4.78 is 5.25. The van der Waals surface area contributed by atoms with Crippen LogP contribution in [0, 0.1) is 0 Å². The van der Waals surface area contributed by atoms with Gasteiger partial charge in [-0.25, -0.2) is 0 Å². The highest BCUT2D eigenvalue weighted by molar-refractivity contribution is 5.86. The third kappa shape index (κ3) is 2.96. The second-order valence-electron chi connectivity index (χ2n) is 5.23. The van der Waals surface area contributed by atoms with Crippen LogP contribution in [0.4, 0.5) is 0 Å². The molecular formula is C18H17NO3. The van der Waals surface area contributed by atoms with Gasteiger partial charge in [-0.3, -0.25) is 4.79 Å². The molecule has 0 spiro atoms. The van der Waals surface area contributed by atoms with E-state index in [2.05, 4.69) is 11.1 Å². The van der Waals surface area contributed by atoms with Gasteiger partial charge in [0, 0.05) is 28.6 Å². The van der Waals surface area contributed by atoms with E-state index in [1.807, 2.05) is 42.5 Å². The number of carbonyl (C=O) groups is 1. The highest BCUT2D eigenvalue weighted by Gasteiger charge is 2.06. The number of aromatic amines is 1. The molecule has 2 N–H and O–H groups in total. The van der Waals surface area contributed by atoms with Crippen LogP contribution in [-0.4, -0.2) is 23.2 Å². The van der Waals surface area contributed by atoms with Crippen molar-refractivity contribution in [2.24, 2.45) is 0 Å². The lowest BCUT2D eigenvalue weighted by atomic mass is 10.1.